The number of rotatable bonds is 6. The van der Waals surface area contributed by atoms with Gasteiger partial charge in [0, 0.05) is 23.3 Å². The molecule has 0 spiro atoms. The molecular formula is C15H19BrFN3O2S. The van der Waals surface area contributed by atoms with Crippen LogP contribution in [-0.4, -0.2) is 24.7 Å². The van der Waals surface area contributed by atoms with Gasteiger partial charge in [0.1, 0.15) is 10.7 Å². The monoisotopic (exact) mass is 403 g/mol. The molecule has 0 amide bonds. The molecule has 0 aliphatic rings. The lowest BCUT2D eigenvalue weighted by atomic mass is 10.2. The number of nitrogens with one attached hydrogen (secondary N) is 1. The van der Waals surface area contributed by atoms with E-state index in [1.807, 2.05) is 31.5 Å². The van der Waals surface area contributed by atoms with Crippen LogP contribution in [0.3, 0.4) is 0 Å². The van der Waals surface area contributed by atoms with Crippen LogP contribution in [0.2, 0.25) is 0 Å². The molecule has 126 valence electrons. The van der Waals surface area contributed by atoms with Crippen molar-refractivity contribution < 1.29 is 12.8 Å². The first-order chi connectivity index (χ1) is 10.7. The van der Waals surface area contributed by atoms with Crippen molar-refractivity contribution in [3.05, 3.63) is 45.9 Å². The predicted octanol–water partition coefficient (Wildman–Crippen LogP) is 3.02. The van der Waals surface area contributed by atoms with Crippen LogP contribution in [0.15, 0.2) is 33.6 Å². The number of halogens is 2. The van der Waals surface area contributed by atoms with Gasteiger partial charge in [-0.05, 0) is 44.0 Å². The first-order valence-electron chi connectivity index (χ1n) is 7.15. The molecule has 2 aromatic rings. The van der Waals surface area contributed by atoms with Crippen LogP contribution in [0.4, 0.5) is 4.39 Å². The minimum absolute atomic E-state index is 0.0120. The van der Waals surface area contributed by atoms with E-state index in [0.717, 1.165) is 17.5 Å². The summed E-state index contributed by atoms with van der Waals surface area (Å²) < 4.78 is 43.0. The molecule has 1 heterocycles. The minimum Gasteiger partial charge on any atom is -0.269 e. The number of sulfonamides is 1. The highest BCUT2D eigenvalue weighted by Crippen LogP contribution is 2.20. The van der Waals surface area contributed by atoms with Crippen molar-refractivity contribution in [2.45, 2.75) is 32.2 Å². The van der Waals surface area contributed by atoms with E-state index in [0.29, 0.717) is 11.0 Å². The van der Waals surface area contributed by atoms with E-state index in [-0.39, 0.29) is 17.4 Å². The molecule has 5 nitrogen and oxygen atoms in total. The first kappa shape index (κ1) is 18.1. The summed E-state index contributed by atoms with van der Waals surface area (Å²) in [5.74, 6) is -0.759. The van der Waals surface area contributed by atoms with Crippen molar-refractivity contribution in [2.75, 3.05) is 6.54 Å². The van der Waals surface area contributed by atoms with Gasteiger partial charge in [-0.2, -0.15) is 5.10 Å². The van der Waals surface area contributed by atoms with Crippen LogP contribution in [0.5, 0.6) is 0 Å². The van der Waals surface area contributed by atoms with Crippen molar-refractivity contribution in [1.82, 2.24) is 14.5 Å². The molecule has 0 radical (unpaired) electrons. The zero-order chi connectivity index (χ0) is 17.2. The van der Waals surface area contributed by atoms with Crippen molar-refractivity contribution in [3.63, 3.8) is 0 Å². The van der Waals surface area contributed by atoms with Crippen molar-refractivity contribution >= 4 is 26.0 Å². The molecule has 0 saturated heterocycles. The number of benzene rings is 1. The molecule has 1 aromatic heterocycles. The Bertz CT molecular complexity index is 805. The molecule has 1 aromatic carbocycles. The van der Waals surface area contributed by atoms with Gasteiger partial charge in [-0.1, -0.05) is 22.9 Å². The van der Waals surface area contributed by atoms with Crippen molar-refractivity contribution in [1.29, 1.82) is 0 Å². The standard InChI is InChI=1S/C15H19BrFN3O2S/c1-10(9-20-12(3)6-11(2)19-20)8-18-23(21,22)15-7-13(16)4-5-14(15)17/h4-7,10,18H,8-9H2,1-3H3. The maximum Gasteiger partial charge on any atom is 0.243 e. The lowest BCUT2D eigenvalue weighted by molar-refractivity contribution is 0.435. The fourth-order valence-corrected chi connectivity index (χ4v) is 4.01. The highest BCUT2D eigenvalue weighted by Gasteiger charge is 2.20. The van der Waals surface area contributed by atoms with E-state index in [1.54, 1.807) is 0 Å². The topological polar surface area (TPSA) is 64.0 Å². The lowest BCUT2D eigenvalue weighted by Crippen LogP contribution is -2.31. The SMILES string of the molecule is Cc1cc(C)n(CC(C)CNS(=O)(=O)c2cc(Br)ccc2F)n1. The van der Waals surface area contributed by atoms with E-state index in [2.05, 4.69) is 25.8 Å². The summed E-state index contributed by atoms with van der Waals surface area (Å²) in [5, 5.41) is 4.35. The Kier molecular flexibility index (Phi) is 5.59. The van der Waals surface area contributed by atoms with Crippen LogP contribution < -0.4 is 4.72 Å². The number of aromatic nitrogens is 2. The summed E-state index contributed by atoms with van der Waals surface area (Å²) in [5.41, 5.74) is 1.95. The summed E-state index contributed by atoms with van der Waals surface area (Å²) in [6.45, 7) is 6.56. The minimum atomic E-state index is -3.89. The van der Waals surface area contributed by atoms with Crippen LogP contribution in [0.1, 0.15) is 18.3 Å². The van der Waals surface area contributed by atoms with E-state index in [9.17, 15) is 12.8 Å². The third-order valence-electron chi connectivity index (χ3n) is 3.39. The third-order valence-corrected chi connectivity index (χ3v) is 5.32. The zero-order valence-corrected chi connectivity index (χ0v) is 15.6. The van der Waals surface area contributed by atoms with Crippen LogP contribution in [0, 0.1) is 25.6 Å². The molecule has 0 aliphatic carbocycles. The molecule has 0 aliphatic heterocycles. The van der Waals surface area contributed by atoms with Gasteiger partial charge in [-0.15, -0.1) is 0 Å². The molecule has 8 heteroatoms. The Labute approximate surface area is 144 Å². The highest BCUT2D eigenvalue weighted by atomic mass is 79.9. The predicted molar refractivity (Wildman–Crippen MR) is 90.2 cm³/mol. The van der Waals surface area contributed by atoms with E-state index in [1.165, 1.54) is 12.1 Å². The number of aryl methyl sites for hydroxylation is 2. The van der Waals surface area contributed by atoms with Gasteiger partial charge in [0.25, 0.3) is 0 Å². The Hall–Kier alpha value is -1.25. The van der Waals surface area contributed by atoms with Crippen molar-refractivity contribution in [2.24, 2.45) is 5.92 Å². The average molecular weight is 404 g/mol. The third kappa shape index (κ3) is 4.62. The molecule has 0 fully saturated rings. The van der Waals surface area contributed by atoms with Gasteiger partial charge in [-0.25, -0.2) is 17.5 Å². The average Bonchev–Trinajstić information content (AvgIpc) is 2.77. The Morgan fingerprint density at radius 2 is 2.04 bits per heavy atom. The molecule has 1 unspecified atom stereocenters. The van der Waals surface area contributed by atoms with Crippen molar-refractivity contribution in [3.8, 4) is 0 Å². The second-order valence-electron chi connectivity index (χ2n) is 5.64. The second kappa shape index (κ2) is 7.11. The molecule has 1 atom stereocenters. The largest absolute Gasteiger partial charge is 0.269 e. The number of hydrogen-bond donors (Lipinski definition) is 1. The summed E-state index contributed by atoms with van der Waals surface area (Å²) in [4.78, 5) is -0.356. The van der Waals surface area contributed by atoms with Crippen LogP contribution >= 0.6 is 15.9 Å². The van der Waals surface area contributed by atoms with E-state index < -0.39 is 15.8 Å². The molecule has 2 rings (SSSR count). The van der Waals surface area contributed by atoms with Crippen LogP contribution in [-0.2, 0) is 16.6 Å². The fraction of sp³-hybridized carbons (Fsp3) is 0.400. The maximum atomic E-state index is 13.7. The molecule has 23 heavy (non-hydrogen) atoms. The molecular weight excluding hydrogens is 385 g/mol. The molecule has 1 N–H and O–H groups in total. The Balaban J connectivity index is 2.04. The van der Waals surface area contributed by atoms with Crippen LogP contribution in [0.25, 0.3) is 0 Å². The smallest absolute Gasteiger partial charge is 0.243 e. The Morgan fingerprint density at radius 1 is 1.35 bits per heavy atom. The number of hydrogen-bond acceptors (Lipinski definition) is 3. The summed E-state index contributed by atoms with van der Waals surface area (Å²) >= 11 is 3.15. The first-order valence-corrected chi connectivity index (χ1v) is 9.42. The van der Waals surface area contributed by atoms with E-state index in [4.69, 9.17) is 0 Å². The van der Waals surface area contributed by atoms with Gasteiger partial charge in [0.15, 0.2) is 0 Å². The summed E-state index contributed by atoms with van der Waals surface area (Å²) in [6, 6.07) is 5.80. The van der Waals surface area contributed by atoms with E-state index >= 15 is 0 Å². The second-order valence-corrected chi connectivity index (χ2v) is 8.29. The van der Waals surface area contributed by atoms with Gasteiger partial charge < -0.3 is 0 Å². The number of nitrogens with zero attached hydrogens (tertiary/aromatic N) is 2. The fourth-order valence-electron chi connectivity index (χ4n) is 2.23. The van der Waals surface area contributed by atoms with Gasteiger partial charge in [0.05, 0.1) is 5.69 Å². The summed E-state index contributed by atoms with van der Waals surface area (Å²) in [6.07, 6.45) is 0. The normalized spacial score (nSPS) is 13.3. The van der Waals surface area contributed by atoms with Gasteiger partial charge >= 0.3 is 0 Å². The van der Waals surface area contributed by atoms with Gasteiger partial charge in [-0.3, -0.25) is 4.68 Å². The lowest BCUT2D eigenvalue weighted by Gasteiger charge is -2.14. The molecule has 0 saturated carbocycles. The Morgan fingerprint density at radius 3 is 2.65 bits per heavy atom. The highest BCUT2D eigenvalue weighted by molar-refractivity contribution is 9.10. The zero-order valence-electron chi connectivity index (χ0n) is 13.2. The summed E-state index contributed by atoms with van der Waals surface area (Å²) in [7, 11) is -3.89. The quantitative estimate of drug-likeness (QED) is 0.805. The molecule has 0 bridgehead atoms. The van der Waals surface area contributed by atoms with Gasteiger partial charge in [0.2, 0.25) is 10.0 Å². The maximum absolute atomic E-state index is 13.7.